The van der Waals surface area contributed by atoms with Gasteiger partial charge in [-0.05, 0) is 18.6 Å². The Bertz CT molecular complexity index is 526. The van der Waals surface area contributed by atoms with E-state index in [4.69, 9.17) is 4.74 Å². The zero-order chi connectivity index (χ0) is 13.5. The van der Waals surface area contributed by atoms with Crippen molar-refractivity contribution in [2.45, 2.75) is 19.8 Å². The van der Waals surface area contributed by atoms with Crippen LogP contribution < -0.4 is 10.1 Å². The lowest BCUT2D eigenvalue weighted by Gasteiger charge is -2.11. The molecule has 0 fully saturated rings. The summed E-state index contributed by atoms with van der Waals surface area (Å²) in [5.74, 6) is 0.479. The van der Waals surface area contributed by atoms with Crippen molar-refractivity contribution in [3.8, 4) is 5.75 Å². The largest absolute Gasteiger partial charge is 0.491 e. The van der Waals surface area contributed by atoms with Crippen LogP contribution in [-0.4, -0.2) is 17.5 Å². The summed E-state index contributed by atoms with van der Waals surface area (Å²) >= 11 is 1.40. The first-order valence-electron chi connectivity index (χ1n) is 6.22. The SMILES string of the molecule is CCCCOc1ccccc1NC(=O)c1cscn1. The van der Waals surface area contributed by atoms with Gasteiger partial charge in [0.25, 0.3) is 5.91 Å². The van der Waals surface area contributed by atoms with Crippen molar-refractivity contribution in [1.29, 1.82) is 0 Å². The molecular formula is C14H16N2O2S. The molecule has 1 heterocycles. The van der Waals surface area contributed by atoms with Gasteiger partial charge >= 0.3 is 0 Å². The first kappa shape index (κ1) is 13.5. The summed E-state index contributed by atoms with van der Waals surface area (Å²) in [5, 5.41) is 4.54. The molecule has 0 aliphatic rings. The third kappa shape index (κ3) is 3.79. The second kappa shape index (κ2) is 6.89. The number of aromatic nitrogens is 1. The molecule has 0 radical (unpaired) electrons. The average Bonchev–Trinajstić information content (AvgIpc) is 2.95. The zero-order valence-electron chi connectivity index (χ0n) is 10.8. The van der Waals surface area contributed by atoms with E-state index in [0.717, 1.165) is 12.8 Å². The summed E-state index contributed by atoms with van der Waals surface area (Å²) in [6.07, 6.45) is 2.07. The van der Waals surface area contributed by atoms with Crippen molar-refractivity contribution in [3.63, 3.8) is 0 Å². The van der Waals surface area contributed by atoms with Crippen LogP contribution >= 0.6 is 11.3 Å². The van der Waals surface area contributed by atoms with Crippen molar-refractivity contribution in [2.24, 2.45) is 0 Å². The molecule has 1 aromatic carbocycles. The number of anilines is 1. The number of rotatable bonds is 6. The molecule has 4 nitrogen and oxygen atoms in total. The first-order chi connectivity index (χ1) is 9.31. The maximum atomic E-state index is 11.9. The van der Waals surface area contributed by atoms with Crippen molar-refractivity contribution < 1.29 is 9.53 Å². The number of thiazole rings is 1. The zero-order valence-corrected chi connectivity index (χ0v) is 11.6. The molecule has 1 aromatic heterocycles. The number of unbranched alkanes of at least 4 members (excludes halogenated alkanes) is 1. The van der Waals surface area contributed by atoms with Crippen molar-refractivity contribution >= 4 is 22.9 Å². The number of carbonyl (C=O) groups excluding carboxylic acids is 1. The number of nitrogens with one attached hydrogen (secondary N) is 1. The highest BCUT2D eigenvalue weighted by molar-refractivity contribution is 7.07. The van der Waals surface area contributed by atoms with Crippen LogP contribution in [0, 0.1) is 0 Å². The summed E-state index contributed by atoms with van der Waals surface area (Å²) in [7, 11) is 0. The Balaban J connectivity index is 2.05. The van der Waals surface area contributed by atoms with E-state index in [1.165, 1.54) is 11.3 Å². The van der Waals surface area contributed by atoms with Crippen LogP contribution in [0.1, 0.15) is 30.3 Å². The minimum Gasteiger partial charge on any atom is -0.491 e. The van der Waals surface area contributed by atoms with Crippen LogP contribution in [0.15, 0.2) is 35.2 Å². The Morgan fingerprint density at radius 1 is 1.42 bits per heavy atom. The van der Waals surface area contributed by atoms with Crippen LogP contribution in [0.3, 0.4) is 0 Å². The maximum Gasteiger partial charge on any atom is 0.275 e. The maximum absolute atomic E-state index is 11.9. The summed E-state index contributed by atoms with van der Waals surface area (Å²) in [5.41, 5.74) is 2.74. The molecule has 0 aliphatic heterocycles. The predicted molar refractivity (Wildman–Crippen MR) is 76.9 cm³/mol. The average molecular weight is 276 g/mol. The second-order valence-electron chi connectivity index (χ2n) is 4.03. The molecule has 100 valence electrons. The van der Waals surface area contributed by atoms with Crippen LogP contribution in [0.25, 0.3) is 0 Å². The molecule has 0 bridgehead atoms. The van der Waals surface area contributed by atoms with Crippen molar-refractivity contribution in [3.05, 3.63) is 40.8 Å². The number of nitrogens with zero attached hydrogens (tertiary/aromatic N) is 1. The fourth-order valence-corrected chi connectivity index (χ4v) is 2.07. The van der Waals surface area contributed by atoms with Gasteiger partial charge in [0.1, 0.15) is 11.4 Å². The second-order valence-corrected chi connectivity index (χ2v) is 4.74. The van der Waals surface area contributed by atoms with Gasteiger partial charge in [0.15, 0.2) is 0 Å². The monoisotopic (exact) mass is 276 g/mol. The number of para-hydroxylation sites is 2. The van der Waals surface area contributed by atoms with Gasteiger partial charge in [-0.2, -0.15) is 0 Å². The Kier molecular flexibility index (Phi) is 4.92. The minimum absolute atomic E-state index is 0.215. The molecule has 1 amide bonds. The summed E-state index contributed by atoms with van der Waals surface area (Å²) in [6, 6.07) is 7.43. The standard InChI is InChI=1S/C14H16N2O2S/c1-2-3-8-18-13-7-5-4-6-11(13)16-14(17)12-9-19-10-15-12/h4-7,9-10H,2-3,8H2,1H3,(H,16,17). The van der Waals surface area contributed by atoms with E-state index in [2.05, 4.69) is 17.2 Å². The van der Waals surface area contributed by atoms with Crippen molar-refractivity contribution in [2.75, 3.05) is 11.9 Å². The van der Waals surface area contributed by atoms with E-state index in [1.807, 2.05) is 24.3 Å². The van der Waals surface area contributed by atoms with Gasteiger partial charge in [0.2, 0.25) is 0 Å². The fraction of sp³-hybridized carbons (Fsp3) is 0.286. The molecular weight excluding hydrogens is 260 g/mol. The Morgan fingerprint density at radius 3 is 3.00 bits per heavy atom. The summed E-state index contributed by atoms with van der Waals surface area (Å²) in [6.45, 7) is 2.76. The van der Waals surface area contributed by atoms with Crippen LogP contribution in [-0.2, 0) is 0 Å². The smallest absolute Gasteiger partial charge is 0.275 e. The van der Waals surface area contributed by atoms with E-state index in [9.17, 15) is 4.79 Å². The van der Waals surface area contributed by atoms with E-state index < -0.39 is 0 Å². The minimum atomic E-state index is -0.215. The van der Waals surface area contributed by atoms with Gasteiger partial charge in [-0.3, -0.25) is 4.79 Å². The third-order valence-electron chi connectivity index (χ3n) is 2.56. The third-order valence-corrected chi connectivity index (χ3v) is 3.14. The van der Waals surface area contributed by atoms with Gasteiger partial charge in [-0.15, -0.1) is 11.3 Å². The quantitative estimate of drug-likeness (QED) is 0.820. The lowest BCUT2D eigenvalue weighted by atomic mass is 10.2. The molecule has 0 saturated heterocycles. The van der Waals surface area contributed by atoms with Gasteiger partial charge in [0, 0.05) is 5.38 Å². The van der Waals surface area contributed by atoms with Crippen LogP contribution in [0.2, 0.25) is 0 Å². The normalized spacial score (nSPS) is 10.2. The molecule has 0 aliphatic carbocycles. The molecule has 0 atom stereocenters. The highest BCUT2D eigenvalue weighted by Crippen LogP contribution is 2.24. The highest BCUT2D eigenvalue weighted by Gasteiger charge is 2.10. The van der Waals surface area contributed by atoms with Gasteiger partial charge in [-0.25, -0.2) is 4.98 Å². The molecule has 2 aromatic rings. The topological polar surface area (TPSA) is 51.2 Å². The summed E-state index contributed by atoms with van der Waals surface area (Å²) in [4.78, 5) is 15.9. The molecule has 2 rings (SSSR count). The fourth-order valence-electron chi connectivity index (χ4n) is 1.53. The van der Waals surface area contributed by atoms with Gasteiger partial charge in [-0.1, -0.05) is 25.5 Å². The lowest BCUT2D eigenvalue weighted by molar-refractivity contribution is 0.102. The Morgan fingerprint density at radius 2 is 2.26 bits per heavy atom. The van der Waals surface area contributed by atoms with Crippen molar-refractivity contribution in [1.82, 2.24) is 4.98 Å². The molecule has 0 spiro atoms. The first-order valence-corrected chi connectivity index (χ1v) is 7.17. The highest BCUT2D eigenvalue weighted by atomic mass is 32.1. The van der Waals surface area contributed by atoms with Gasteiger partial charge in [0.05, 0.1) is 17.8 Å². The molecule has 0 saturated carbocycles. The number of benzene rings is 1. The van der Waals surface area contributed by atoms with E-state index >= 15 is 0 Å². The van der Waals surface area contributed by atoms with E-state index in [-0.39, 0.29) is 5.91 Å². The molecule has 0 unspecified atom stereocenters. The predicted octanol–water partition coefficient (Wildman–Crippen LogP) is 3.57. The summed E-state index contributed by atoms with van der Waals surface area (Å²) < 4.78 is 5.66. The lowest BCUT2D eigenvalue weighted by Crippen LogP contribution is -2.13. The molecule has 1 N–H and O–H groups in total. The number of carbonyl (C=O) groups is 1. The molecule has 5 heteroatoms. The molecule has 19 heavy (non-hydrogen) atoms. The van der Waals surface area contributed by atoms with E-state index in [1.54, 1.807) is 10.9 Å². The number of hydrogen-bond acceptors (Lipinski definition) is 4. The van der Waals surface area contributed by atoms with Crippen LogP contribution in [0.5, 0.6) is 5.75 Å². The Labute approximate surface area is 116 Å². The number of amides is 1. The van der Waals surface area contributed by atoms with Gasteiger partial charge < -0.3 is 10.1 Å². The van der Waals surface area contributed by atoms with E-state index in [0.29, 0.717) is 23.7 Å². The Hall–Kier alpha value is -1.88. The number of hydrogen-bond donors (Lipinski definition) is 1. The number of ether oxygens (including phenoxy) is 1. The van der Waals surface area contributed by atoms with Crippen LogP contribution in [0.4, 0.5) is 5.69 Å².